The van der Waals surface area contributed by atoms with E-state index in [1.807, 2.05) is 24.3 Å². The van der Waals surface area contributed by atoms with Crippen LogP contribution in [0.2, 0.25) is 10.0 Å². The average molecular weight is 579 g/mol. The van der Waals surface area contributed by atoms with Crippen LogP contribution in [-0.4, -0.2) is 51.0 Å². The van der Waals surface area contributed by atoms with Crippen LogP contribution in [0.25, 0.3) is 0 Å². The van der Waals surface area contributed by atoms with Gasteiger partial charge in [-0.2, -0.15) is 0 Å². The summed E-state index contributed by atoms with van der Waals surface area (Å²) in [7, 11) is -2.15. The van der Waals surface area contributed by atoms with Gasteiger partial charge in [0.15, 0.2) is 0 Å². The number of carbonyl (C=O) groups excluding carboxylic acids is 2. The lowest BCUT2D eigenvalue weighted by molar-refractivity contribution is -0.140. The highest BCUT2D eigenvalue weighted by molar-refractivity contribution is 9.10. The Morgan fingerprint density at radius 3 is 2.45 bits per heavy atom. The van der Waals surface area contributed by atoms with E-state index in [1.54, 1.807) is 13.0 Å². The molecule has 11 heteroatoms. The normalized spacial score (nSPS) is 12.2. The maximum Gasteiger partial charge on any atom is 0.242 e. The van der Waals surface area contributed by atoms with Crippen LogP contribution in [0.4, 0.5) is 5.69 Å². The van der Waals surface area contributed by atoms with Crippen LogP contribution < -0.4 is 9.62 Å². The Kier molecular flexibility index (Phi) is 10.0. The summed E-state index contributed by atoms with van der Waals surface area (Å²) >= 11 is 15.6. The number of sulfonamides is 1. The van der Waals surface area contributed by atoms with Gasteiger partial charge in [0.25, 0.3) is 0 Å². The molecular formula is C22H26BrCl2N3O4S. The van der Waals surface area contributed by atoms with Crippen molar-refractivity contribution in [3.63, 3.8) is 0 Å². The van der Waals surface area contributed by atoms with Gasteiger partial charge >= 0.3 is 0 Å². The Hall–Kier alpha value is -1.81. The van der Waals surface area contributed by atoms with Crippen LogP contribution in [0.15, 0.2) is 46.9 Å². The van der Waals surface area contributed by atoms with Crippen LogP contribution in [-0.2, 0) is 26.2 Å². The molecule has 0 aliphatic heterocycles. The minimum Gasteiger partial charge on any atom is -0.357 e. The molecule has 0 heterocycles. The predicted octanol–water partition coefficient (Wildman–Crippen LogP) is 4.47. The van der Waals surface area contributed by atoms with Crippen LogP contribution in [0.5, 0.6) is 0 Å². The van der Waals surface area contributed by atoms with Crippen molar-refractivity contribution < 1.29 is 18.0 Å². The lowest BCUT2D eigenvalue weighted by Gasteiger charge is -2.29. The number of benzene rings is 2. The van der Waals surface area contributed by atoms with Crippen molar-refractivity contribution in [1.29, 1.82) is 0 Å². The van der Waals surface area contributed by atoms with Crippen molar-refractivity contribution in [2.75, 3.05) is 24.2 Å². The molecule has 0 spiro atoms. The number of hydrogen-bond donors (Lipinski definition) is 1. The number of hydrogen-bond acceptors (Lipinski definition) is 4. The van der Waals surface area contributed by atoms with Gasteiger partial charge in [0.2, 0.25) is 21.8 Å². The number of nitrogens with one attached hydrogen (secondary N) is 1. The summed E-state index contributed by atoms with van der Waals surface area (Å²) in [6, 6.07) is 11.3. The summed E-state index contributed by atoms with van der Waals surface area (Å²) in [5.41, 5.74) is 1.11. The zero-order chi connectivity index (χ0) is 24.8. The van der Waals surface area contributed by atoms with Gasteiger partial charge in [0.05, 0.1) is 17.0 Å². The van der Waals surface area contributed by atoms with Crippen LogP contribution >= 0.6 is 39.1 Å². The molecule has 0 radical (unpaired) electrons. The van der Waals surface area contributed by atoms with E-state index in [4.69, 9.17) is 23.2 Å². The van der Waals surface area contributed by atoms with Crippen LogP contribution in [0.3, 0.4) is 0 Å². The fourth-order valence-electron chi connectivity index (χ4n) is 3.28. The molecule has 1 atom stereocenters. The molecule has 0 bridgehead atoms. The summed E-state index contributed by atoms with van der Waals surface area (Å²) < 4.78 is 26.8. The minimum atomic E-state index is -3.67. The van der Waals surface area contributed by atoms with E-state index in [1.165, 1.54) is 24.1 Å². The van der Waals surface area contributed by atoms with E-state index in [0.29, 0.717) is 5.02 Å². The maximum atomic E-state index is 13.1. The Morgan fingerprint density at radius 2 is 1.85 bits per heavy atom. The van der Waals surface area contributed by atoms with Crippen molar-refractivity contribution in [2.45, 2.75) is 32.4 Å². The number of likely N-dealkylation sites (N-methyl/N-ethyl adjacent to an activating group) is 1. The molecule has 180 valence electrons. The third-order valence-corrected chi connectivity index (χ3v) is 7.21. The fraction of sp³-hybridized carbons (Fsp3) is 0.364. The Morgan fingerprint density at radius 1 is 1.15 bits per heavy atom. The van der Waals surface area contributed by atoms with Gasteiger partial charge in [-0.05, 0) is 49.2 Å². The Bertz CT molecular complexity index is 1110. The quantitative estimate of drug-likeness (QED) is 0.451. The standard InChI is InChI=1S/C22H26BrCl2N3O4S/c1-15(22(30)26-2)27(14-16-6-4-7-17(23)12-16)21(29)8-5-11-28(33(3,31)32)20-13-18(24)9-10-19(20)25/h4,6-7,9-10,12-13,15H,5,8,11,14H2,1-3H3,(H,26,30)/t15-/m0/s1. The second-order valence-electron chi connectivity index (χ2n) is 7.48. The minimum absolute atomic E-state index is 0.0315. The number of amides is 2. The number of rotatable bonds is 10. The number of nitrogens with zero attached hydrogens (tertiary/aromatic N) is 2. The third kappa shape index (κ3) is 7.88. The molecule has 2 amide bonds. The van der Waals surface area contributed by atoms with Crippen molar-refractivity contribution >= 4 is 66.7 Å². The zero-order valence-corrected chi connectivity index (χ0v) is 22.4. The summed E-state index contributed by atoms with van der Waals surface area (Å²) in [4.78, 5) is 26.8. The SMILES string of the molecule is CNC(=O)[C@H](C)N(Cc1cccc(Br)c1)C(=O)CCCN(c1cc(Cl)ccc1Cl)S(C)(=O)=O. The molecule has 0 saturated heterocycles. The molecule has 33 heavy (non-hydrogen) atoms. The van der Waals surface area contributed by atoms with Crippen molar-refractivity contribution in [3.8, 4) is 0 Å². The molecule has 2 aromatic rings. The lowest BCUT2D eigenvalue weighted by Crippen LogP contribution is -2.46. The monoisotopic (exact) mass is 577 g/mol. The van der Waals surface area contributed by atoms with Crippen molar-refractivity contribution in [2.24, 2.45) is 0 Å². The Balaban J connectivity index is 2.18. The first-order chi connectivity index (χ1) is 15.4. The highest BCUT2D eigenvalue weighted by Crippen LogP contribution is 2.31. The van der Waals surface area contributed by atoms with Gasteiger partial charge < -0.3 is 10.2 Å². The van der Waals surface area contributed by atoms with Crippen LogP contribution in [0, 0.1) is 0 Å². The van der Waals surface area contributed by atoms with Gasteiger partial charge in [-0.25, -0.2) is 8.42 Å². The smallest absolute Gasteiger partial charge is 0.242 e. The summed E-state index contributed by atoms with van der Waals surface area (Å²) in [5.74, 6) is -0.557. The summed E-state index contributed by atoms with van der Waals surface area (Å²) in [5, 5.41) is 3.15. The molecule has 0 unspecified atom stereocenters. The number of carbonyl (C=O) groups is 2. The molecule has 1 N–H and O–H groups in total. The van der Waals surface area contributed by atoms with E-state index < -0.39 is 16.1 Å². The largest absolute Gasteiger partial charge is 0.357 e. The first kappa shape index (κ1) is 27.4. The molecule has 7 nitrogen and oxygen atoms in total. The molecule has 0 saturated carbocycles. The predicted molar refractivity (Wildman–Crippen MR) is 136 cm³/mol. The molecular weight excluding hydrogens is 553 g/mol. The molecule has 2 aromatic carbocycles. The highest BCUT2D eigenvalue weighted by atomic mass is 79.9. The summed E-state index contributed by atoms with van der Waals surface area (Å²) in [6.45, 7) is 1.93. The summed E-state index contributed by atoms with van der Waals surface area (Å²) in [6.07, 6.45) is 1.34. The van der Waals surface area contributed by atoms with Crippen molar-refractivity contribution in [1.82, 2.24) is 10.2 Å². The highest BCUT2D eigenvalue weighted by Gasteiger charge is 2.26. The Labute approximate surface area is 213 Å². The van der Waals surface area contributed by atoms with Crippen molar-refractivity contribution in [3.05, 3.63) is 62.5 Å². The van der Waals surface area contributed by atoms with E-state index >= 15 is 0 Å². The average Bonchev–Trinajstić information content (AvgIpc) is 2.75. The van der Waals surface area contributed by atoms with Gasteiger partial charge in [-0.1, -0.05) is 51.3 Å². The number of halogens is 3. The van der Waals surface area contributed by atoms with E-state index in [-0.39, 0.29) is 48.5 Å². The molecule has 2 rings (SSSR count). The topological polar surface area (TPSA) is 86.8 Å². The third-order valence-electron chi connectivity index (χ3n) is 4.98. The molecule has 0 aliphatic carbocycles. The second-order valence-corrected chi connectivity index (χ2v) is 11.1. The van der Waals surface area contributed by atoms with Crippen LogP contribution in [0.1, 0.15) is 25.3 Å². The first-order valence-corrected chi connectivity index (χ1v) is 13.5. The van der Waals surface area contributed by atoms with E-state index in [0.717, 1.165) is 20.6 Å². The fourth-order valence-corrected chi connectivity index (χ4v) is 5.13. The number of anilines is 1. The van der Waals surface area contributed by atoms with E-state index in [2.05, 4.69) is 21.2 Å². The first-order valence-electron chi connectivity index (χ1n) is 10.1. The van der Waals surface area contributed by atoms with E-state index in [9.17, 15) is 18.0 Å². The van der Waals surface area contributed by atoms with Gasteiger partial charge in [0, 0.05) is 36.1 Å². The zero-order valence-electron chi connectivity index (χ0n) is 18.5. The maximum absolute atomic E-state index is 13.1. The lowest BCUT2D eigenvalue weighted by atomic mass is 10.1. The second kappa shape index (κ2) is 12.1. The molecule has 0 fully saturated rings. The van der Waals surface area contributed by atoms with Gasteiger partial charge in [-0.3, -0.25) is 13.9 Å². The van der Waals surface area contributed by atoms with Gasteiger partial charge in [-0.15, -0.1) is 0 Å². The van der Waals surface area contributed by atoms with Gasteiger partial charge in [0.1, 0.15) is 6.04 Å². The molecule has 0 aromatic heterocycles. The molecule has 0 aliphatic rings.